The lowest BCUT2D eigenvalue weighted by Gasteiger charge is -2.38. The highest BCUT2D eigenvalue weighted by Gasteiger charge is 2.29. The maximum Gasteiger partial charge on any atom is 0.255 e. The molecule has 20 heavy (non-hydrogen) atoms. The SMILES string of the molecule is CC1NCCN(C(=O)c2csc(S(N)(=O)=O)c2)C1C.Cl. The Morgan fingerprint density at radius 3 is 2.70 bits per heavy atom. The molecule has 0 aliphatic carbocycles. The number of carbonyl (C=O) groups is 1. The van der Waals surface area contributed by atoms with E-state index in [-0.39, 0.29) is 34.6 Å². The van der Waals surface area contributed by atoms with Gasteiger partial charge in [0, 0.05) is 30.6 Å². The number of thiophene rings is 1. The molecule has 0 spiro atoms. The van der Waals surface area contributed by atoms with Crippen LogP contribution < -0.4 is 10.5 Å². The highest BCUT2D eigenvalue weighted by molar-refractivity contribution is 7.91. The Morgan fingerprint density at radius 2 is 2.15 bits per heavy atom. The molecule has 1 aromatic rings. The number of piperazine rings is 1. The molecule has 3 N–H and O–H groups in total. The summed E-state index contributed by atoms with van der Waals surface area (Å²) >= 11 is 0.975. The molecule has 0 radical (unpaired) electrons. The van der Waals surface area contributed by atoms with Gasteiger partial charge in [0.25, 0.3) is 5.91 Å². The molecule has 6 nitrogen and oxygen atoms in total. The highest BCUT2D eigenvalue weighted by Crippen LogP contribution is 2.22. The Balaban J connectivity index is 0.00000200. The van der Waals surface area contributed by atoms with Gasteiger partial charge >= 0.3 is 0 Å². The number of halogens is 1. The standard InChI is InChI=1S/C11H17N3O3S2.ClH/c1-7-8(2)14(4-3-13-7)11(15)9-5-10(18-6-9)19(12,16)17;/h5-8,13H,3-4H2,1-2H3,(H2,12,16,17);1H. The van der Waals surface area contributed by atoms with E-state index in [1.165, 1.54) is 6.07 Å². The first-order valence-corrected chi connectivity index (χ1v) is 8.39. The van der Waals surface area contributed by atoms with Gasteiger partial charge < -0.3 is 10.2 Å². The number of nitrogens with one attached hydrogen (secondary N) is 1. The maximum atomic E-state index is 12.4. The van der Waals surface area contributed by atoms with E-state index in [1.807, 2.05) is 13.8 Å². The van der Waals surface area contributed by atoms with Crippen molar-refractivity contribution in [2.75, 3.05) is 13.1 Å². The fourth-order valence-electron chi connectivity index (χ4n) is 2.09. The summed E-state index contributed by atoms with van der Waals surface area (Å²) in [5.74, 6) is -0.146. The van der Waals surface area contributed by atoms with Crippen LogP contribution in [0.1, 0.15) is 24.2 Å². The van der Waals surface area contributed by atoms with E-state index in [2.05, 4.69) is 5.32 Å². The molecular weight excluding hydrogens is 322 g/mol. The summed E-state index contributed by atoms with van der Waals surface area (Å²) in [5.41, 5.74) is 0.384. The van der Waals surface area contributed by atoms with Crippen molar-refractivity contribution in [2.24, 2.45) is 5.14 Å². The summed E-state index contributed by atoms with van der Waals surface area (Å²) in [6.07, 6.45) is 0. The molecule has 1 aromatic heterocycles. The third-order valence-electron chi connectivity index (χ3n) is 3.40. The number of amides is 1. The molecule has 2 unspecified atom stereocenters. The number of sulfonamides is 1. The molecule has 0 bridgehead atoms. The number of nitrogens with two attached hydrogens (primary N) is 1. The zero-order valence-electron chi connectivity index (χ0n) is 11.2. The van der Waals surface area contributed by atoms with Crippen LogP contribution in [0.4, 0.5) is 0 Å². The predicted molar refractivity (Wildman–Crippen MR) is 80.9 cm³/mol. The number of carbonyl (C=O) groups excluding carboxylic acids is 1. The van der Waals surface area contributed by atoms with Gasteiger partial charge in [-0.1, -0.05) is 0 Å². The van der Waals surface area contributed by atoms with Gasteiger partial charge in [0.15, 0.2) is 0 Å². The number of primary sulfonamides is 1. The van der Waals surface area contributed by atoms with Gasteiger partial charge in [-0.15, -0.1) is 23.7 Å². The van der Waals surface area contributed by atoms with E-state index < -0.39 is 10.0 Å². The maximum absolute atomic E-state index is 12.4. The van der Waals surface area contributed by atoms with Crippen LogP contribution in [0.2, 0.25) is 0 Å². The van der Waals surface area contributed by atoms with Gasteiger partial charge in [-0.05, 0) is 19.9 Å². The van der Waals surface area contributed by atoms with E-state index in [0.717, 1.165) is 17.9 Å². The Morgan fingerprint density at radius 1 is 1.50 bits per heavy atom. The van der Waals surface area contributed by atoms with E-state index in [4.69, 9.17) is 5.14 Å². The fraction of sp³-hybridized carbons (Fsp3) is 0.545. The Hall–Kier alpha value is -0.670. The smallest absolute Gasteiger partial charge is 0.255 e. The van der Waals surface area contributed by atoms with Gasteiger partial charge in [-0.25, -0.2) is 13.6 Å². The summed E-state index contributed by atoms with van der Waals surface area (Å²) in [5, 5.41) is 9.88. The van der Waals surface area contributed by atoms with Gasteiger partial charge in [-0.2, -0.15) is 0 Å². The normalized spacial score (nSPS) is 23.2. The van der Waals surface area contributed by atoms with Gasteiger partial charge in [-0.3, -0.25) is 4.79 Å². The lowest BCUT2D eigenvalue weighted by Crippen LogP contribution is -2.57. The quantitative estimate of drug-likeness (QED) is 0.827. The van der Waals surface area contributed by atoms with Crippen molar-refractivity contribution < 1.29 is 13.2 Å². The molecule has 0 saturated carbocycles. The van der Waals surface area contributed by atoms with Crippen LogP contribution in [0.5, 0.6) is 0 Å². The molecule has 9 heteroatoms. The third kappa shape index (κ3) is 3.50. The lowest BCUT2D eigenvalue weighted by molar-refractivity contribution is 0.0603. The lowest BCUT2D eigenvalue weighted by atomic mass is 10.1. The third-order valence-corrected chi connectivity index (χ3v) is 5.78. The Bertz CT molecular complexity index is 587. The minimum absolute atomic E-state index is 0. The summed E-state index contributed by atoms with van der Waals surface area (Å²) in [6, 6.07) is 1.63. The number of hydrogen-bond acceptors (Lipinski definition) is 5. The summed E-state index contributed by atoms with van der Waals surface area (Å²) in [7, 11) is -3.74. The minimum atomic E-state index is -3.74. The molecule has 1 saturated heterocycles. The molecule has 1 aliphatic rings. The molecule has 2 rings (SSSR count). The molecule has 1 fully saturated rings. The van der Waals surface area contributed by atoms with E-state index in [9.17, 15) is 13.2 Å². The average molecular weight is 340 g/mol. The number of hydrogen-bond donors (Lipinski definition) is 2. The summed E-state index contributed by atoms with van der Waals surface area (Å²) in [6.45, 7) is 5.35. The highest BCUT2D eigenvalue weighted by atomic mass is 35.5. The van der Waals surface area contributed by atoms with Crippen LogP contribution >= 0.6 is 23.7 Å². The second kappa shape index (κ2) is 6.40. The van der Waals surface area contributed by atoms with E-state index in [1.54, 1.807) is 10.3 Å². The van der Waals surface area contributed by atoms with Crippen molar-refractivity contribution in [2.45, 2.75) is 30.1 Å². The van der Waals surface area contributed by atoms with Crippen molar-refractivity contribution in [3.05, 3.63) is 17.0 Å². The Labute approximate surface area is 128 Å². The van der Waals surface area contributed by atoms with Gasteiger partial charge in [0.1, 0.15) is 4.21 Å². The van der Waals surface area contributed by atoms with Crippen molar-refractivity contribution in [3.8, 4) is 0 Å². The molecule has 114 valence electrons. The largest absolute Gasteiger partial charge is 0.333 e. The van der Waals surface area contributed by atoms with Crippen molar-refractivity contribution in [1.82, 2.24) is 10.2 Å². The minimum Gasteiger partial charge on any atom is -0.333 e. The van der Waals surface area contributed by atoms with E-state index >= 15 is 0 Å². The fourth-order valence-corrected chi connectivity index (χ4v) is 3.67. The van der Waals surface area contributed by atoms with Gasteiger partial charge in [0.05, 0.1) is 5.56 Å². The monoisotopic (exact) mass is 339 g/mol. The molecule has 1 amide bonds. The first kappa shape index (κ1) is 17.4. The van der Waals surface area contributed by atoms with Crippen molar-refractivity contribution >= 4 is 39.7 Å². The van der Waals surface area contributed by atoms with Gasteiger partial charge in [0.2, 0.25) is 10.0 Å². The topological polar surface area (TPSA) is 92.5 Å². The van der Waals surface area contributed by atoms with Crippen LogP contribution in [-0.4, -0.2) is 44.4 Å². The molecule has 0 aromatic carbocycles. The van der Waals surface area contributed by atoms with Crippen LogP contribution in [-0.2, 0) is 10.0 Å². The van der Waals surface area contributed by atoms with E-state index in [0.29, 0.717) is 12.1 Å². The van der Waals surface area contributed by atoms with Crippen LogP contribution in [0, 0.1) is 0 Å². The zero-order valence-corrected chi connectivity index (χ0v) is 13.6. The molecule has 1 aliphatic heterocycles. The second-order valence-corrected chi connectivity index (χ2v) is 7.38. The first-order chi connectivity index (χ1) is 8.80. The van der Waals surface area contributed by atoms with Crippen LogP contribution in [0.25, 0.3) is 0 Å². The average Bonchev–Trinajstić information content (AvgIpc) is 2.81. The number of rotatable bonds is 2. The molecule has 2 atom stereocenters. The van der Waals surface area contributed by atoms with Crippen molar-refractivity contribution in [3.63, 3.8) is 0 Å². The summed E-state index contributed by atoms with van der Waals surface area (Å²) < 4.78 is 22.4. The first-order valence-electron chi connectivity index (χ1n) is 5.96. The Kier molecular flexibility index (Phi) is 5.56. The molecule has 2 heterocycles. The van der Waals surface area contributed by atoms with Crippen molar-refractivity contribution in [1.29, 1.82) is 0 Å². The summed E-state index contributed by atoms with van der Waals surface area (Å²) in [4.78, 5) is 14.1. The predicted octanol–water partition coefficient (Wildman–Crippen LogP) is 0.640. The number of nitrogens with zero attached hydrogens (tertiary/aromatic N) is 1. The van der Waals surface area contributed by atoms with Crippen LogP contribution in [0.15, 0.2) is 15.7 Å². The second-order valence-electron chi connectivity index (χ2n) is 4.68. The zero-order chi connectivity index (χ0) is 14.2. The van der Waals surface area contributed by atoms with Crippen LogP contribution in [0.3, 0.4) is 0 Å². The molecular formula is C11H18ClN3O3S2.